The monoisotopic (exact) mass is 390 g/mol. The molecule has 6 atom stereocenters. The predicted molar refractivity (Wildman–Crippen MR) is 103 cm³/mol. The van der Waals surface area contributed by atoms with Crippen molar-refractivity contribution in [3.8, 4) is 0 Å². The van der Waals surface area contributed by atoms with Crippen LogP contribution >= 0.6 is 12.4 Å². The van der Waals surface area contributed by atoms with Crippen LogP contribution in [0.15, 0.2) is 0 Å². The summed E-state index contributed by atoms with van der Waals surface area (Å²) in [5, 5.41) is 22.4. The van der Waals surface area contributed by atoms with Crippen LogP contribution in [0.3, 0.4) is 0 Å². The largest absolute Gasteiger partial charge is 0.444 e. The second-order valence-corrected chi connectivity index (χ2v) is 9.16. The van der Waals surface area contributed by atoms with Gasteiger partial charge >= 0.3 is 6.09 Å². The van der Waals surface area contributed by atoms with Crippen molar-refractivity contribution in [2.24, 2.45) is 0 Å². The Morgan fingerprint density at radius 2 is 1.38 bits per heavy atom. The molecule has 4 rings (SSSR count). The van der Waals surface area contributed by atoms with E-state index in [9.17, 15) is 15.0 Å². The third-order valence-electron chi connectivity index (χ3n) is 5.76. The summed E-state index contributed by atoms with van der Waals surface area (Å²) in [6.07, 6.45) is 7.47. The lowest BCUT2D eigenvalue weighted by Crippen LogP contribution is -2.49. The summed E-state index contributed by atoms with van der Waals surface area (Å²) in [5.41, 5.74) is -0.438. The number of rotatable bonds is 0. The molecule has 4 aliphatic heterocycles. The molecule has 0 aliphatic carbocycles. The molecule has 4 bridgehead atoms. The van der Waals surface area contributed by atoms with Crippen molar-refractivity contribution in [1.82, 2.24) is 10.2 Å². The van der Waals surface area contributed by atoms with Crippen LogP contribution in [0.1, 0.15) is 72.1 Å². The first-order valence-corrected chi connectivity index (χ1v) is 9.85. The van der Waals surface area contributed by atoms with Crippen molar-refractivity contribution in [3.63, 3.8) is 0 Å². The van der Waals surface area contributed by atoms with E-state index in [-0.39, 0.29) is 42.8 Å². The van der Waals surface area contributed by atoms with Gasteiger partial charge in [0, 0.05) is 24.2 Å². The summed E-state index contributed by atoms with van der Waals surface area (Å²) < 4.78 is 5.40. The second kappa shape index (κ2) is 8.63. The third-order valence-corrected chi connectivity index (χ3v) is 5.76. The summed E-state index contributed by atoms with van der Waals surface area (Å²) in [7, 11) is 0. The van der Waals surface area contributed by atoms with Crippen LogP contribution in [0.4, 0.5) is 4.79 Å². The van der Waals surface area contributed by atoms with Crippen molar-refractivity contribution in [2.45, 2.75) is 114 Å². The van der Waals surface area contributed by atoms with Crippen LogP contribution in [-0.4, -0.2) is 63.2 Å². The molecule has 4 saturated heterocycles. The van der Waals surface area contributed by atoms with E-state index in [1.807, 2.05) is 25.7 Å². The van der Waals surface area contributed by atoms with E-state index in [1.165, 1.54) is 12.8 Å². The van der Waals surface area contributed by atoms with E-state index in [2.05, 4.69) is 5.32 Å². The Hall–Kier alpha value is -0.560. The number of aliphatic hydroxyl groups is 2. The summed E-state index contributed by atoms with van der Waals surface area (Å²) in [6, 6.07) is 1.64. The SMILES string of the molecule is CC(C)(C)OC(=O)N1[C@@H]2CC[C@H]1CC(O)C2.Cl.OC1C[C@H]2CC[C@@H](C1)N2. The molecule has 7 heteroatoms. The van der Waals surface area contributed by atoms with Gasteiger partial charge in [0.1, 0.15) is 5.60 Å². The minimum atomic E-state index is -0.438. The van der Waals surface area contributed by atoms with Gasteiger partial charge in [-0.3, -0.25) is 0 Å². The normalized spacial score (nSPS) is 38.1. The number of carbonyl (C=O) groups excluding carboxylic acids is 1. The molecule has 4 heterocycles. The van der Waals surface area contributed by atoms with Crippen LogP contribution in [0.25, 0.3) is 0 Å². The van der Waals surface area contributed by atoms with Crippen LogP contribution in [-0.2, 0) is 4.74 Å². The molecule has 1 amide bonds. The van der Waals surface area contributed by atoms with E-state index in [0.29, 0.717) is 24.9 Å². The number of carbonyl (C=O) groups is 1. The first-order chi connectivity index (χ1) is 11.7. The third kappa shape index (κ3) is 5.47. The summed E-state index contributed by atoms with van der Waals surface area (Å²) in [4.78, 5) is 13.8. The highest BCUT2D eigenvalue weighted by Gasteiger charge is 2.44. The number of aliphatic hydroxyl groups excluding tert-OH is 2. The Labute approximate surface area is 163 Å². The maximum Gasteiger partial charge on any atom is 0.410 e. The van der Waals surface area contributed by atoms with Crippen molar-refractivity contribution >= 4 is 18.5 Å². The standard InChI is InChI=1S/C12H21NO3.C7H13NO.ClH/c1-12(2,3)16-11(15)13-8-4-5-9(13)7-10(14)6-8;9-7-3-5-1-2-6(4-7)8-5;/h8-10,14H,4-7H2,1-3H3;5-9H,1-4H2;1H/t8-,9+,10?;5-,6+,7?;. The summed E-state index contributed by atoms with van der Waals surface area (Å²) in [6.45, 7) is 5.64. The molecule has 152 valence electrons. The molecule has 4 aliphatic rings. The lowest BCUT2D eigenvalue weighted by Gasteiger charge is -2.37. The molecule has 2 unspecified atom stereocenters. The van der Waals surface area contributed by atoms with Crippen LogP contribution in [0, 0.1) is 0 Å². The second-order valence-electron chi connectivity index (χ2n) is 9.16. The van der Waals surface area contributed by atoms with Gasteiger partial charge in [-0.1, -0.05) is 0 Å². The Morgan fingerprint density at radius 1 is 0.923 bits per heavy atom. The Balaban J connectivity index is 0.000000206. The molecule has 4 fully saturated rings. The van der Waals surface area contributed by atoms with Crippen molar-refractivity contribution in [1.29, 1.82) is 0 Å². The number of nitrogens with zero attached hydrogens (tertiary/aromatic N) is 1. The molecule has 0 radical (unpaired) electrons. The van der Waals surface area contributed by atoms with Crippen molar-refractivity contribution < 1.29 is 19.7 Å². The molecule has 26 heavy (non-hydrogen) atoms. The van der Waals surface area contributed by atoms with Gasteiger partial charge in [0.05, 0.1) is 12.2 Å². The quantitative estimate of drug-likeness (QED) is 0.592. The average molecular weight is 391 g/mol. The van der Waals surface area contributed by atoms with Gasteiger partial charge in [0.15, 0.2) is 0 Å². The zero-order chi connectivity index (χ0) is 18.2. The number of halogens is 1. The molecule has 6 nitrogen and oxygen atoms in total. The molecule has 3 N–H and O–H groups in total. The van der Waals surface area contributed by atoms with E-state index < -0.39 is 5.60 Å². The summed E-state index contributed by atoms with van der Waals surface area (Å²) in [5.74, 6) is 0. The molecule has 0 saturated carbocycles. The maximum atomic E-state index is 12.0. The number of fused-ring (bicyclic) bond motifs is 4. The molecule has 0 aromatic rings. The number of amides is 1. The van der Waals surface area contributed by atoms with Crippen LogP contribution < -0.4 is 5.32 Å². The predicted octanol–water partition coefficient (Wildman–Crippen LogP) is 2.59. The molecular formula is C19H35ClN2O4. The number of ether oxygens (including phenoxy) is 1. The lowest BCUT2D eigenvalue weighted by molar-refractivity contribution is -0.0110. The topological polar surface area (TPSA) is 82.0 Å². The van der Waals surface area contributed by atoms with Gasteiger partial charge in [0.25, 0.3) is 0 Å². The highest BCUT2D eigenvalue weighted by molar-refractivity contribution is 5.85. The fourth-order valence-corrected chi connectivity index (χ4v) is 4.79. The molecular weight excluding hydrogens is 356 g/mol. The van der Waals surface area contributed by atoms with Crippen LogP contribution in [0.5, 0.6) is 0 Å². The zero-order valence-corrected chi connectivity index (χ0v) is 17.0. The molecule has 0 spiro atoms. The van der Waals surface area contributed by atoms with E-state index in [1.54, 1.807) is 0 Å². The van der Waals surface area contributed by atoms with Gasteiger partial charge in [-0.25, -0.2) is 4.79 Å². The number of piperidine rings is 2. The number of hydrogen-bond acceptors (Lipinski definition) is 5. The Bertz CT molecular complexity index is 459. The van der Waals surface area contributed by atoms with Gasteiger partial charge in [-0.15, -0.1) is 12.4 Å². The Morgan fingerprint density at radius 3 is 1.85 bits per heavy atom. The fourth-order valence-electron chi connectivity index (χ4n) is 4.79. The maximum absolute atomic E-state index is 12.0. The first-order valence-electron chi connectivity index (χ1n) is 9.85. The summed E-state index contributed by atoms with van der Waals surface area (Å²) >= 11 is 0. The lowest BCUT2D eigenvalue weighted by atomic mass is 10.0. The Kier molecular flexibility index (Phi) is 7.22. The van der Waals surface area contributed by atoms with Gasteiger partial charge in [0.2, 0.25) is 0 Å². The van der Waals surface area contributed by atoms with Crippen molar-refractivity contribution in [3.05, 3.63) is 0 Å². The number of hydrogen-bond donors (Lipinski definition) is 3. The smallest absolute Gasteiger partial charge is 0.410 e. The van der Waals surface area contributed by atoms with Gasteiger partial charge in [-0.05, 0) is 72.1 Å². The minimum absolute atomic E-state index is 0. The fraction of sp³-hybridized carbons (Fsp3) is 0.947. The average Bonchev–Trinajstić information content (AvgIpc) is 2.95. The van der Waals surface area contributed by atoms with Crippen LogP contribution in [0.2, 0.25) is 0 Å². The van der Waals surface area contributed by atoms with E-state index >= 15 is 0 Å². The van der Waals surface area contributed by atoms with E-state index in [4.69, 9.17) is 4.74 Å². The minimum Gasteiger partial charge on any atom is -0.444 e. The number of nitrogens with one attached hydrogen (secondary N) is 1. The molecule has 0 aromatic carbocycles. The van der Waals surface area contributed by atoms with Crippen molar-refractivity contribution in [2.75, 3.05) is 0 Å². The highest BCUT2D eigenvalue weighted by Crippen LogP contribution is 2.36. The highest BCUT2D eigenvalue weighted by atomic mass is 35.5. The zero-order valence-electron chi connectivity index (χ0n) is 16.2. The first kappa shape index (κ1) is 21.7. The van der Waals surface area contributed by atoms with Gasteiger partial charge < -0.3 is 25.2 Å². The van der Waals surface area contributed by atoms with E-state index in [0.717, 1.165) is 25.7 Å². The molecule has 0 aromatic heterocycles. The van der Waals surface area contributed by atoms with Gasteiger partial charge in [-0.2, -0.15) is 0 Å².